The number of hydrogen-bond donors (Lipinski definition) is 1. The van der Waals surface area contributed by atoms with Crippen LogP contribution in [0, 0.1) is 0 Å². The van der Waals surface area contributed by atoms with Crippen LogP contribution in [0.1, 0.15) is 43.5 Å². The molecule has 2 aliphatic rings. The summed E-state index contributed by atoms with van der Waals surface area (Å²) in [6.45, 7) is 2.66. The van der Waals surface area contributed by atoms with Crippen molar-refractivity contribution in [2.24, 2.45) is 0 Å². The summed E-state index contributed by atoms with van der Waals surface area (Å²) in [7, 11) is 0. The van der Waals surface area contributed by atoms with E-state index in [1.807, 2.05) is 24.3 Å². The van der Waals surface area contributed by atoms with Crippen molar-refractivity contribution in [3.63, 3.8) is 0 Å². The monoisotopic (exact) mass is 281 g/mol. The number of ether oxygens (including phenoxy) is 1. The van der Waals surface area contributed by atoms with E-state index >= 15 is 0 Å². The van der Waals surface area contributed by atoms with Gasteiger partial charge in [0.15, 0.2) is 0 Å². The van der Waals surface area contributed by atoms with Crippen molar-refractivity contribution in [3.05, 3.63) is 18.2 Å². The van der Waals surface area contributed by atoms with Crippen LogP contribution in [0.4, 0.5) is 0 Å². The van der Waals surface area contributed by atoms with Crippen LogP contribution in [-0.2, 0) is 4.74 Å². The Bertz CT molecular complexity index is 403. The highest BCUT2D eigenvalue weighted by Gasteiger charge is 2.29. The summed E-state index contributed by atoms with van der Waals surface area (Å²) in [6.07, 6.45) is 11.7. The van der Waals surface area contributed by atoms with Crippen LogP contribution in [0.5, 0.6) is 0 Å². The van der Waals surface area contributed by atoms with Crippen LogP contribution in [0.3, 0.4) is 0 Å². The molecule has 19 heavy (non-hydrogen) atoms. The lowest BCUT2D eigenvalue weighted by Gasteiger charge is -2.34. The van der Waals surface area contributed by atoms with Crippen molar-refractivity contribution in [1.82, 2.24) is 14.9 Å². The molecule has 0 spiro atoms. The molecule has 3 rings (SSSR count). The molecule has 1 aromatic heterocycles. The van der Waals surface area contributed by atoms with E-state index in [1.54, 1.807) is 0 Å². The molecule has 3 atom stereocenters. The fraction of sp³-hybridized carbons (Fsp3) is 0.786. The van der Waals surface area contributed by atoms with Gasteiger partial charge in [0.05, 0.1) is 24.8 Å². The molecule has 1 N–H and O–H groups in total. The second-order valence-corrected chi connectivity index (χ2v) is 6.49. The molecule has 1 aliphatic carbocycles. The van der Waals surface area contributed by atoms with E-state index in [0.29, 0.717) is 6.04 Å². The van der Waals surface area contributed by atoms with E-state index in [-0.39, 0.29) is 6.10 Å². The van der Waals surface area contributed by atoms with Crippen LogP contribution in [0.2, 0.25) is 0 Å². The predicted molar refractivity (Wildman–Crippen MR) is 78.6 cm³/mol. The zero-order chi connectivity index (χ0) is 13.1. The van der Waals surface area contributed by atoms with Gasteiger partial charge in [0, 0.05) is 24.4 Å². The summed E-state index contributed by atoms with van der Waals surface area (Å²) in [5.74, 6) is 0. The van der Waals surface area contributed by atoms with E-state index in [0.717, 1.165) is 24.9 Å². The molecule has 1 saturated carbocycles. The van der Waals surface area contributed by atoms with Crippen LogP contribution in [-0.4, -0.2) is 40.8 Å². The molecule has 0 radical (unpaired) electrons. The quantitative estimate of drug-likeness (QED) is 0.923. The van der Waals surface area contributed by atoms with Crippen LogP contribution in [0.15, 0.2) is 12.5 Å². The minimum atomic E-state index is 0.167. The maximum Gasteiger partial charge on any atom is 0.111 e. The van der Waals surface area contributed by atoms with Crippen molar-refractivity contribution < 1.29 is 4.74 Å². The Kier molecular flexibility index (Phi) is 4.45. The zero-order valence-corrected chi connectivity index (χ0v) is 12.4. The first-order valence-electron chi connectivity index (χ1n) is 7.27. The van der Waals surface area contributed by atoms with E-state index in [2.05, 4.69) is 21.1 Å². The number of hydrogen-bond acceptors (Lipinski definition) is 4. The lowest BCUT2D eigenvalue weighted by atomic mass is 9.94. The Morgan fingerprint density at radius 3 is 3.11 bits per heavy atom. The largest absolute Gasteiger partial charge is 0.369 e. The van der Waals surface area contributed by atoms with Gasteiger partial charge in [-0.2, -0.15) is 11.8 Å². The number of rotatable bonds is 3. The first-order valence-corrected chi connectivity index (χ1v) is 8.56. The summed E-state index contributed by atoms with van der Waals surface area (Å²) in [6, 6.07) is 0.590. The second kappa shape index (κ2) is 6.29. The van der Waals surface area contributed by atoms with Crippen molar-refractivity contribution in [2.45, 2.75) is 43.1 Å². The average Bonchev–Trinajstić information content (AvgIpc) is 2.97. The normalized spacial score (nSPS) is 32.4. The first-order chi connectivity index (χ1) is 9.40. The van der Waals surface area contributed by atoms with E-state index < -0.39 is 0 Å². The Labute approximate surface area is 119 Å². The molecule has 0 amide bonds. The van der Waals surface area contributed by atoms with Crippen molar-refractivity contribution in [3.8, 4) is 0 Å². The predicted octanol–water partition coefficient (Wildman–Crippen LogP) is 2.39. The minimum absolute atomic E-state index is 0.167. The Morgan fingerprint density at radius 2 is 2.32 bits per heavy atom. The maximum absolute atomic E-state index is 5.89. The minimum Gasteiger partial charge on any atom is -0.369 e. The molecule has 0 bridgehead atoms. The standard InChI is InChI=1S/C14H23N3OS/c1-19-14-5-3-2-4-11(14)17-10-16-8-12(17)13-9-15-6-7-18-13/h8,10-11,13-15H,2-7,9H2,1H3. The molecule has 1 aliphatic heterocycles. The zero-order valence-electron chi connectivity index (χ0n) is 11.5. The fourth-order valence-electron chi connectivity index (χ4n) is 3.27. The lowest BCUT2D eigenvalue weighted by molar-refractivity contribution is 0.0215. The summed E-state index contributed by atoms with van der Waals surface area (Å²) >= 11 is 2.00. The first kappa shape index (κ1) is 13.5. The molecule has 4 nitrogen and oxygen atoms in total. The molecule has 0 aromatic carbocycles. The van der Waals surface area contributed by atoms with E-state index in [1.165, 1.54) is 31.4 Å². The highest BCUT2D eigenvalue weighted by molar-refractivity contribution is 7.99. The lowest BCUT2D eigenvalue weighted by Crippen LogP contribution is -2.35. The molecule has 1 saturated heterocycles. The summed E-state index contributed by atoms with van der Waals surface area (Å²) < 4.78 is 8.28. The SMILES string of the molecule is CSC1CCCCC1n1cncc1C1CNCCO1. The number of morpholine rings is 1. The second-order valence-electron chi connectivity index (χ2n) is 5.42. The molecule has 3 unspecified atom stereocenters. The van der Waals surface area contributed by atoms with E-state index in [9.17, 15) is 0 Å². The van der Waals surface area contributed by atoms with Crippen molar-refractivity contribution in [1.29, 1.82) is 0 Å². The number of aromatic nitrogens is 2. The molecule has 2 fully saturated rings. The highest BCUT2D eigenvalue weighted by Crippen LogP contribution is 2.37. The molecular weight excluding hydrogens is 258 g/mol. The Balaban J connectivity index is 1.81. The molecule has 106 valence electrons. The third-order valence-electron chi connectivity index (χ3n) is 4.28. The smallest absolute Gasteiger partial charge is 0.111 e. The van der Waals surface area contributed by atoms with Gasteiger partial charge < -0.3 is 14.6 Å². The van der Waals surface area contributed by atoms with E-state index in [4.69, 9.17) is 4.74 Å². The third-order valence-corrected chi connectivity index (χ3v) is 5.44. The maximum atomic E-state index is 5.89. The fourth-order valence-corrected chi connectivity index (χ4v) is 4.25. The number of thioether (sulfide) groups is 1. The Hall–Kier alpha value is -0.520. The van der Waals surface area contributed by atoms with Crippen molar-refractivity contribution >= 4 is 11.8 Å². The van der Waals surface area contributed by atoms with Gasteiger partial charge in [-0.25, -0.2) is 4.98 Å². The van der Waals surface area contributed by atoms with Crippen LogP contribution in [0.25, 0.3) is 0 Å². The molecule has 2 heterocycles. The Morgan fingerprint density at radius 1 is 1.42 bits per heavy atom. The van der Waals surface area contributed by atoms with Crippen LogP contribution < -0.4 is 5.32 Å². The van der Waals surface area contributed by atoms with Gasteiger partial charge in [-0.1, -0.05) is 12.8 Å². The number of imidazole rings is 1. The third kappa shape index (κ3) is 2.83. The number of nitrogens with one attached hydrogen (secondary N) is 1. The summed E-state index contributed by atoms with van der Waals surface area (Å²) in [5.41, 5.74) is 1.25. The molecule has 5 heteroatoms. The van der Waals surface area contributed by atoms with Gasteiger partial charge in [0.1, 0.15) is 6.10 Å². The highest BCUT2D eigenvalue weighted by atomic mass is 32.2. The topological polar surface area (TPSA) is 39.1 Å². The number of nitrogens with zero attached hydrogens (tertiary/aromatic N) is 2. The average molecular weight is 281 g/mol. The van der Waals surface area contributed by atoms with Gasteiger partial charge in [-0.3, -0.25) is 0 Å². The van der Waals surface area contributed by atoms with Gasteiger partial charge in [0.25, 0.3) is 0 Å². The molecule has 1 aromatic rings. The van der Waals surface area contributed by atoms with Gasteiger partial charge in [0.2, 0.25) is 0 Å². The van der Waals surface area contributed by atoms with Gasteiger partial charge in [-0.05, 0) is 19.1 Å². The van der Waals surface area contributed by atoms with Gasteiger partial charge >= 0.3 is 0 Å². The summed E-state index contributed by atoms with van der Waals surface area (Å²) in [4.78, 5) is 4.39. The molecular formula is C14H23N3OS. The van der Waals surface area contributed by atoms with Gasteiger partial charge in [-0.15, -0.1) is 0 Å². The van der Waals surface area contributed by atoms with Crippen molar-refractivity contribution in [2.75, 3.05) is 26.0 Å². The summed E-state index contributed by atoms with van der Waals surface area (Å²) in [5, 5.41) is 4.13. The van der Waals surface area contributed by atoms with Crippen LogP contribution >= 0.6 is 11.8 Å².